The van der Waals surface area contributed by atoms with Gasteiger partial charge in [0.2, 0.25) is 0 Å². The monoisotopic (exact) mass is 160 g/mol. The molecule has 0 atom stereocenters. The lowest BCUT2D eigenvalue weighted by Crippen LogP contribution is -1.93. The van der Waals surface area contributed by atoms with Gasteiger partial charge < -0.3 is 0 Å². The summed E-state index contributed by atoms with van der Waals surface area (Å²) in [5.74, 6) is 0. The van der Waals surface area contributed by atoms with Crippen LogP contribution < -0.4 is 0 Å². The molecule has 0 fully saturated rings. The van der Waals surface area contributed by atoms with E-state index in [-0.39, 0.29) is 0 Å². The fraction of sp³-hybridized carbons (Fsp3) is 0.200. The summed E-state index contributed by atoms with van der Waals surface area (Å²) in [6, 6.07) is 3.95. The van der Waals surface area contributed by atoms with Crippen LogP contribution in [-0.2, 0) is 0 Å². The molecule has 0 N–H and O–H groups in total. The molecule has 0 bridgehead atoms. The molecule has 0 aromatic carbocycles. The fourth-order valence-electron chi connectivity index (χ4n) is 0.986. The Kier molecular flexibility index (Phi) is 2.75. The Morgan fingerprint density at radius 2 is 2.25 bits per heavy atom. The number of aryl methyl sites for hydroxylation is 1. The van der Waals surface area contributed by atoms with Crippen molar-refractivity contribution in [2.75, 3.05) is 7.05 Å². The molecule has 1 aromatic rings. The first-order valence-corrected chi connectivity index (χ1v) is 3.80. The zero-order valence-electron chi connectivity index (χ0n) is 7.41. The smallest absolute Gasteiger partial charge is 0.0882 e. The van der Waals surface area contributed by atoms with Gasteiger partial charge in [0.25, 0.3) is 0 Å². The fourth-order valence-corrected chi connectivity index (χ4v) is 0.986. The van der Waals surface area contributed by atoms with E-state index in [9.17, 15) is 0 Å². The Bertz CT molecular complexity index is 314. The molecule has 1 heterocycles. The first-order chi connectivity index (χ1) is 5.77. The quantitative estimate of drug-likeness (QED) is 0.608. The van der Waals surface area contributed by atoms with Gasteiger partial charge in [0.05, 0.1) is 5.69 Å². The maximum Gasteiger partial charge on any atom is 0.0882 e. The van der Waals surface area contributed by atoms with E-state index in [0.717, 1.165) is 17.0 Å². The van der Waals surface area contributed by atoms with Crippen LogP contribution >= 0.6 is 0 Å². The number of pyridine rings is 1. The van der Waals surface area contributed by atoms with Crippen molar-refractivity contribution in [3.8, 4) is 0 Å². The van der Waals surface area contributed by atoms with Gasteiger partial charge in [0.1, 0.15) is 0 Å². The maximum atomic E-state index is 4.31. The van der Waals surface area contributed by atoms with Gasteiger partial charge in [-0.3, -0.25) is 9.98 Å². The lowest BCUT2D eigenvalue weighted by atomic mass is 10.2. The molecular formula is C10H12N2. The number of nitrogens with zero attached hydrogens (tertiary/aromatic N) is 2. The van der Waals surface area contributed by atoms with Gasteiger partial charge in [-0.2, -0.15) is 0 Å². The summed E-state index contributed by atoms with van der Waals surface area (Å²) in [5, 5.41) is 0. The number of rotatable bonds is 2. The second-order valence-corrected chi connectivity index (χ2v) is 2.52. The van der Waals surface area contributed by atoms with E-state index in [4.69, 9.17) is 0 Å². The van der Waals surface area contributed by atoms with Crippen LogP contribution in [0, 0.1) is 6.92 Å². The normalized spacial score (nSPS) is 10.5. The minimum atomic E-state index is 0.882. The molecular weight excluding hydrogens is 148 g/mol. The number of aliphatic imine (C=N–C) groups is 1. The SMILES string of the molecule is C=Cc1ccc(C)nc1/C=N\C. The molecule has 2 nitrogen and oxygen atoms in total. The van der Waals surface area contributed by atoms with Gasteiger partial charge >= 0.3 is 0 Å². The van der Waals surface area contributed by atoms with Gasteiger partial charge in [-0.1, -0.05) is 18.7 Å². The zero-order chi connectivity index (χ0) is 8.97. The highest BCUT2D eigenvalue weighted by molar-refractivity contribution is 5.82. The third-order valence-corrected chi connectivity index (χ3v) is 1.57. The second kappa shape index (κ2) is 3.81. The largest absolute Gasteiger partial charge is 0.294 e. The van der Waals surface area contributed by atoms with Crippen LogP contribution in [0.3, 0.4) is 0 Å². The van der Waals surface area contributed by atoms with E-state index in [0.29, 0.717) is 0 Å². The van der Waals surface area contributed by atoms with Crippen LogP contribution in [0.1, 0.15) is 17.0 Å². The summed E-state index contributed by atoms with van der Waals surface area (Å²) in [5.41, 5.74) is 2.90. The Balaban J connectivity index is 3.20. The van der Waals surface area contributed by atoms with Crippen LogP contribution in [0.5, 0.6) is 0 Å². The van der Waals surface area contributed by atoms with E-state index >= 15 is 0 Å². The highest BCUT2D eigenvalue weighted by Crippen LogP contribution is 2.06. The van der Waals surface area contributed by atoms with E-state index in [2.05, 4.69) is 16.6 Å². The Morgan fingerprint density at radius 3 is 2.83 bits per heavy atom. The van der Waals surface area contributed by atoms with Crippen LogP contribution in [-0.4, -0.2) is 18.2 Å². The molecule has 0 radical (unpaired) electrons. The third kappa shape index (κ3) is 1.78. The highest BCUT2D eigenvalue weighted by atomic mass is 14.7. The molecule has 0 saturated heterocycles. The summed E-state index contributed by atoms with van der Waals surface area (Å²) >= 11 is 0. The molecule has 0 amide bonds. The molecule has 0 unspecified atom stereocenters. The predicted molar refractivity (Wildman–Crippen MR) is 52.6 cm³/mol. The molecule has 0 aliphatic carbocycles. The maximum absolute atomic E-state index is 4.31. The average Bonchev–Trinajstić information content (AvgIpc) is 2.05. The lowest BCUT2D eigenvalue weighted by molar-refractivity contribution is 1.18. The van der Waals surface area contributed by atoms with E-state index in [1.54, 1.807) is 19.3 Å². The Hall–Kier alpha value is -1.44. The van der Waals surface area contributed by atoms with Crippen LogP contribution in [0.2, 0.25) is 0 Å². The van der Waals surface area contributed by atoms with Gasteiger partial charge in [-0.15, -0.1) is 0 Å². The molecule has 12 heavy (non-hydrogen) atoms. The lowest BCUT2D eigenvalue weighted by Gasteiger charge is -1.99. The predicted octanol–water partition coefficient (Wildman–Crippen LogP) is 2.08. The summed E-state index contributed by atoms with van der Waals surface area (Å²) in [4.78, 5) is 8.23. The van der Waals surface area contributed by atoms with Crippen molar-refractivity contribution in [1.82, 2.24) is 4.98 Å². The number of aromatic nitrogens is 1. The van der Waals surface area contributed by atoms with Crippen molar-refractivity contribution in [3.63, 3.8) is 0 Å². The van der Waals surface area contributed by atoms with Crippen molar-refractivity contribution in [3.05, 3.63) is 35.7 Å². The average molecular weight is 160 g/mol. The Labute approximate surface area is 72.7 Å². The van der Waals surface area contributed by atoms with Crippen LogP contribution in [0.25, 0.3) is 6.08 Å². The van der Waals surface area contributed by atoms with Crippen molar-refractivity contribution in [2.45, 2.75) is 6.92 Å². The summed E-state index contributed by atoms with van der Waals surface area (Å²) in [6.45, 7) is 5.66. The van der Waals surface area contributed by atoms with Crippen LogP contribution in [0.15, 0.2) is 23.7 Å². The minimum absolute atomic E-state index is 0.882. The summed E-state index contributed by atoms with van der Waals surface area (Å²) in [7, 11) is 1.73. The summed E-state index contributed by atoms with van der Waals surface area (Å²) in [6.07, 6.45) is 3.52. The Morgan fingerprint density at radius 1 is 1.50 bits per heavy atom. The number of hydrogen-bond acceptors (Lipinski definition) is 2. The highest BCUT2D eigenvalue weighted by Gasteiger charge is 1.96. The zero-order valence-corrected chi connectivity index (χ0v) is 7.41. The molecule has 0 aliphatic heterocycles. The number of hydrogen-bond donors (Lipinski definition) is 0. The van der Waals surface area contributed by atoms with Crippen molar-refractivity contribution in [1.29, 1.82) is 0 Å². The van der Waals surface area contributed by atoms with Gasteiger partial charge in [-0.05, 0) is 13.0 Å². The first kappa shape index (κ1) is 8.65. The third-order valence-electron chi connectivity index (χ3n) is 1.57. The first-order valence-electron chi connectivity index (χ1n) is 3.80. The molecule has 1 aromatic heterocycles. The van der Waals surface area contributed by atoms with Crippen molar-refractivity contribution >= 4 is 12.3 Å². The van der Waals surface area contributed by atoms with Crippen molar-refractivity contribution < 1.29 is 0 Å². The van der Waals surface area contributed by atoms with E-state index in [1.165, 1.54) is 0 Å². The standard InChI is InChI=1S/C10H12N2/c1-4-9-6-5-8(2)12-10(9)7-11-3/h4-7H,1H2,2-3H3/b11-7-. The molecule has 0 spiro atoms. The van der Waals surface area contributed by atoms with E-state index in [1.807, 2.05) is 19.1 Å². The second-order valence-electron chi connectivity index (χ2n) is 2.52. The van der Waals surface area contributed by atoms with Gasteiger partial charge in [-0.25, -0.2) is 0 Å². The molecule has 1 rings (SSSR count). The van der Waals surface area contributed by atoms with Crippen molar-refractivity contribution in [2.24, 2.45) is 4.99 Å². The van der Waals surface area contributed by atoms with Gasteiger partial charge in [0, 0.05) is 24.5 Å². The molecule has 0 saturated carbocycles. The topological polar surface area (TPSA) is 25.2 Å². The molecule has 62 valence electrons. The molecule has 2 heteroatoms. The molecule has 0 aliphatic rings. The van der Waals surface area contributed by atoms with E-state index < -0.39 is 0 Å². The van der Waals surface area contributed by atoms with Gasteiger partial charge in [0.15, 0.2) is 0 Å². The minimum Gasteiger partial charge on any atom is -0.294 e. The summed E-state index contributed by atoms with van der Waals surface area (Å²) < 4.78 is 0. The van der Waals surface area contributed by atoms with Crippen LogP contribution in [0.4, 0.5) is 0 Å².